The number of terminal acetylenes is 1. The molecule has 3 aromatic rings. The lowest BCUT2D eigenvalue weighted by molar-refractivity contribution is -0.129. The lowest BCUT2D eigenvalue weighted by Gasteiger charge is -2.36. The smallest absolute Gasteiger partial charge is 0.246 e. The lowest BCUT2D eigenvalue weighted by atomic mass is 10.0. The maximum absolute atomic E-state index is 15.2. The van der Waals surface area contributed by atoms with Crippen molar-refractivity contribution in [1.29, 1.82) is 0 Å². The molecule has 4 rings (SSSR count). The molecule has 0 aliphatic carbocycles. The summed E-state index contributed by atoms with van der Waals surface area (Å²) in [6.45, 7) is 5.14. The number of halogens is 1. The van der Waals surface area contributed by atoms with Gasteiger partial charge in [0, 0.05) is 41.8 Å². The molecule has 1 atom stereocenters. The van der Waals surface area contributed by atoms with Gasteiger partial charge in [0.05, 0.1) is 11.6 Å². The fourth-order valence-corrected chi connectivity index (χ4v) is 3.63. The van der Waals surface area contributed by atoms with Crippen LogP contribution in [0.25, 0.3) is 10.9 Å². The fraction of sp³-hybridized carbons (Fsp3) is 0.174. The molecule has 0 saturated carbocycles. The van der Waals surface area contributed by atoms with Crippen molar-refractivity contribution in [3.63, 3.8) is 0 Å². The highest BCUT2D eigenvalue weighted by atomic mass is 19.1. The van der Waals surface area contributed by atoms with E-state index >= 15 is 4.39 Å². The Balaban J connectivity index is 1.73. The lowest BCUT2D eigenvalue weighted by Crippen LogP contribution is -2.48. The highest BCUT2D eigenvalue weighted by Gasteiger charge is 2.29. The van der Waals surface area contributed by atoms with Crippen LogP contribution in [0.15, 0.2) is 55.4 Å². The van der Waals surface area contributed by atoms with Crippen molar-refractivity contribution < 1.29 is 9.18 Å². The van der Waals surface area contributed by atoms with Gasteiger partial charge in [0.15, 0.2) is 0 Å². The normalized spacial score (nSPS) is 16.1. The van der Waals surface area contributed by atoms with E-state index in [1.54, 1.807) is 11.0 Å². The molecule has 2 heterocycles. The number of hydrogen-bond donors (Lipinski definition) is 2. The van der Waals surface area contributed by atoms with Gasteiger partial charge in [0.1, 0.15) is 18.0 Å². The topological polar surface area (TPSA) is 70.2 Å². The van der Waals surface area contributed by atoms with Gasteiger partial charge in [-0.05, 0) is 36.4 Å². The summed E-state index contributed by atoms with van der Waals surface area (Å²) in [5.41, 5.74) is 2.45. The number of carbonyl (C=O) groups excluding carboxylic acids is 1. The summed E-state index contributed by atoms with van der Waals surface area (Å²) in [5.74, 6) is 2.41. The SMILES string of the molecule is C#Cc1cccc(Nc2ncnc3cc(C4CNCCN4C(=O)C=C)c(F)cc23)c1. The Morgan fingerprint density at radius 3 is 3.03 bits per heavy atom. The number of benzene rings is 2. The van der Waals surface area contributed by atoms with Crippen LogP contribution in [-0.2, 0) is 4.79 Å². The van der Waals surface area contributed by atoms with Crippen molar-refractivity contribution in [2.24, 2.45) is 0 Å². The van der Waals surface area contributed by atoms with Gasteiger partial charge in [0.2, 0.25) is 5.91 Å². The first-order valence-electron chi connectivity index (χ1n) is 9.52. The molecule has 0 radical (unpaired) electrons. The summed E-state index contributed by atoms with van der Waals surface area (Å²) in [6, 6.07) is 9.97. The Kier molecular flexibility index (Phi) is 5.42. The summed E-state index contributed by atoms with van der Waals surface area (Å²) in [7, 11) is 0. The number of carbonyl (C=O) groups is 1. The predicted octanol–water partition coefficient (Wildman–Crippen LogP) is 3.15. The number of amides is 1. The second kappa shape index (κ2) is 8.31. The molecule has 1 aliphatic rings. The Morgan fingerprint density at radius 2 is 2.23 bits per heavy atom. The minimum atomic E-state index is -0.438. The second-order valence-corrected chi connectivity index (χ2v) is 6.92. The molecule has 1 aliphatic heterocycles. The van der Waals surface area contributed by atoms with Crippen LogP contribution in [0.4, 0.5) is 15.9 Å². The maximum atomic E-state index is 15.2. The first-order valence-corrected chi connectivity index (χ1v) is 9.52. The summed E-state index contributed by atoms with van der Waals surface area (Å²) in [4.78, 5) is 22.4. The molecular weight excluding hydrogens is 381 g/mol. The number of fused-ring (bicyclic) bond motifs is 1. The molecule has 2 aromatic carbocycles. The average Bonchev–Trinajstić information content (AvgIpc) is 2.79. The van der Waals surface area contributed by atoms with Gasteiger partial charge in [-0.25, -0.2) is 14.4 Å². The predicted molar refractivity (Wildman–Crippen MR) is 115 cm³/mol. The Hall–Kier alpha value is -3.76. The monoisotopic (exact) mass is 401 g/mol. The van der Waals surface area contributed by atoms with Gasteiger partial charge in [-0.3, -0.25) is 4.79 Å². The van der Waals surface area contributed by atoms with Crippen LogP contribution in [0.2, 0.25) is 0 Å². The van der Waals surface area contributed by atoms with Gasteiger partial charge in [0.25, 0.3) is 0 Å². The Labute approximate surface area is 173 Å². The van der Waals surface area contributed by atoms with E-state index in [1.807, 2.05) is 24.3 Å². The Bertz CT molecular complexity index is 1170. The summed E-state index contributed by atoms with van der Waals surface area (Å²) in [5, 5.41) is 6.93. The standard InChI is InChI=1S/C23H20FN5O/c1-3-15-6-5-7-16(10-15)28-23-18-11-19(24)17(12-20(18)26-14-27-23)21-13-25-8-9-29(21)22(30)4-2/h1,4-7,10-12,14,21,25H,2,8-9,13H2,(H,26,27,28). The molecule has 2 N–H and O–H groups in total. The molecule has 1 fully saturated rings. The van der Waals surface area contributed by atoms with Crippen LogP contribution < -0.4 is 10.6 Å². The molecule has 1 amide bonds. The number of hydrogen-bond acceptors (Lipinski definition) is 5. The zero-order valence-electron chi connectivity index (χ0n) is 16.2. The molecule has 30 heavy (non-hydrogen) atoms. The third-order valence-corrected chi connectivity index (χ3v) is 5.11. The Morgan fingerprint density at radius 1 is 1.37 bits per heavy atom. The van der Waals surface area contributed by atoms with Crippen LogP contribution in [0, 0.1) is 18.2 Å². The third kappa shape index (κ3) is 3.73. The van der Waals surface area contributed by atoms with E-state index in [2.05, 4.69) is 33.1 Å². The van der Waals surface area contributed by atoms with Crippen molar-refractivity contribution in [2.45, 2.75) is 6.04 Å². The van der Waals surface area contributed by atoms with Gasteiger partial charge >= 0.3 is 0 Å². The molecule has 1 unspecified atom stereocenters. The number of anilines is 2. The molecule has 6 nitrogen and oxygen atoms in total. The average molecular weight is 401 g/mol. The molecule has 150 valence electrons. The van der Waals surface area contributed by atoms with E-state index < -0.39 is 11.9 Å². The van der Waals surface area contributed by atoms with E-state index in [9.17, 15) is 4.79 Å². The minimum Gasteiger partial charge on any atom is -0.340 e. The van der Waals surface area contributed by atoms with E-state index in [-0.39, 0.29) is 5.91 Å². The van der Waals surface area contributed by atoms with Crippen molar-refractivity contribution in [1.82, 2.24) is 20.2 Å². The van der Waals surface area contributed by atoms with Gasteiger partial charge < -0.3 is 15.5 Å². The van der Waals surface area contributed by atoms with E-state index in [0.29, 0.717) is 41.9 Å². The number of nitrogens with one attached hydrogen (secondary N) is 2. The first-order chi connectivity index (χ1) is 14.6. The number of piperazine rings is 1. The van der Waals surface area contributed by atoms with Crippen LogP contribution in [0.1, 0.15) is 17.2 Å². The van der Waals surface area contributed by atoms with Crippen molar-refractivity contribution in [3.8, 4) is 12.3 Å². The van der Waals surface area contributed by atoms with Gasteiger partial charge in [-0.1, -0.05) is 18.6 Å². The summed E-state index contributed by atoms with van der Waals surface area (Å²) < 4.78 is 15.2. The zero-order chi connectivity index (χ0) is 21.1. The van der Waals surface area contributed by atoms with Gasteiger partial charge in [-0.15, -0.1) is 6.42 Å². The summed E-state index contributed by atoms with van der Waals surface area (Å²) >= 11 is 0. The highest BCUT2D eigenvalue weighted by Crippen LogP contribution is 2.31. The second-order valence-electron chi connectivity index (χ2n) is 6.92. The molecule has 1 saturated heterocycles. The van der Waals surface area contributed by atoms with Crippen LogP contribution in [-0.4, -0.2) is 40.4 Å². The van der Waals surface area contributed by atoms with E-state index in [4.69, 9.17) is 6.42 Å². The molecular formula is C23H20FN5O. The van der Waals surface area contributed by atoms with Crippen molar-refractivity contribution >= 4 is 28.3 Å². The number of aromatic nitrogens is 2. The molecule has 1 aromatic heterocycles. The third-order valence-electron chi connectivity index (χ3n) is 5.11. The molecule has 0 bridgehead atoms. The van der Waals surface area contributed by atoms with Gasteiger partial charge in [-0.2, -0.15) is 0 Å². The fourth-order valence-electron chi connectivity index (χ4n) is 3.63. The summed E-state index contributed by atoms with van der Waals surface area (Å²) in [6.07, 6.45) is 8.14. The number of nitrogens with zero attached hydrogens (tertiary/aromatic N) is 3. The zero-order valence-corrected chi connectivity index (χ0v) is 16.2. The highest BCUT2D eigenvalue weighted by molar-refractivity contribution is 5.91. The van der Waals surface area contributed by atoms with Crippen molar-refractivity contribution in [2.75, 3.05) is 25.0 Å². The van der Waals surface area contributed by atoms with Crippen LogP contribution >= 0.6 is 0 Å². The number of rotatable bonds is 4. The first kappa shape index (κ1) is 19.6. The minimum absolute atomic E-state index is 0.223. The maximum Gasteiger partial charge on any atom is 0.246 e. The molecule has 0 spiro atoms. The molecule has 7 heteroatoms. The van der Waals surface area contributed by atoms with Crippen molar-refractivity contribution in [3.05, 3.63) is 72.3 Å². The largest absolute Gasteiger partial charge is 0.340 e. The van der Waals surface area contributed by atoms with E-state index in [0.717, 1.165) is 11.3 Å². The van der Waals surface area contributed by atoms with Crippen LogP contribution in [0.5, 0.6) is 0 Å². The van der Waals surface area contributed by atoms with Crippen LogP contribution in [0.3, 0.4) is 0 Å². The van der Waals surface area contributed by atoms with E-state index in [1.165, 1.54) is 18.5 Å². The quantitative estimate of drug-likeness (QED) is 0.519.